The molecule has 0 aromatic carbocycles. The Morgan fingerprint density at radius 2 is 2.14 bits per heavy atom. The SMILES string of the molecule is [CH-]=C/C=C\[CH-]O.[Ca+2]. The van der Waals surface area contributed by atoms with Crippen LogP contribution < -0.4 is 0 Å². The van der Waals surface area contributed by atoms with Gasteiger partial charge in [-0.3, -0.25) is 6.58 Å². The van der Waals surface area contributed by atoms with Crippen molar-refractivity contribution in [3.8, 4) is 0 Å². The average Bonchev–Trinajstić information content (AvgIpc) is 1.61. The van der Waals surface area contributed by atoms with Crippen molar-refractivity contribution >= 4 is 37.7 Å². The van der Waals surface area contributed by atoms with E-state index in [9.17, 15) is 0 Å². The number of rotatable bonds is 2. The van der Waals surface area contributed by atoms with Crippen molar-refractivity contribution in [2.45, 2.75) is 0 Å². The minimum atomic E-state index is 0. The molecule has 0 unspecified atom stereocenters. The Kier molecular flexibility index (Phi) is 14.7. The van der Waals surface area contributed by atoms with Gasteiger partial charge in [0.25, 0.3) is 0 Å². The van der Waals surface area contributed by atoms with Gasteiger partial charge in [-0.05, 0) is 0 Å². The van der Waals surface area contributed by atoms with E-state index in [0.717, 1.165) is 6.61 Å². The van der Waals surface area contributed by atoms with Gasteiger partial charge < -0.3 is 5.11 Å². The summed E-state index contributed by atoms with van der Waals surface area (Å²) in [6.45, 7) is 5.79. The molecule has 0 rings (SSSR count). The smallest absolute Gasteiger partial charge is 0.458 e. The Morgan fingerprint density at radius 1 is 1.57 bits per heavy atom. The van der Waals surface area contributed by atoms with Crippen LogP contribution in [0.3, 0.4) is 0 Å². The number of aliphatic hydroxyl groups excluding tert-OH is 1. The van der Waals surface area contributed by atoms with E-state index >= 15 is 0 Å². The third-order valence-electron chi connectivity index (χ3n) is 0.308. The molecule has 0 atom stereocenters. The van der Waals surface area contributed by atoms with E-state index in [1.54, 1.807) is 0 Å². The van der Waals surface area contributed by atoms with Gasteiger partial charge in [-0.1, -0.05) is 0 Å². The molecule has 0 aromatic rings. The first-order chi connectivity index (χ1) is 2.91. The molecule has 0 aliphatic carbocycles. The van der Waals surface area contributed by atoms with Crippen molar-refractivity contribution in [2.24, 2.45) is 0 Å². The maximum absolute atomic E-state index is 7.91. The molecule has 0 aliphatic rings. The average molecular weight is 122 g/mol. The first kappa shape index (κ1) is 10.5. The maximum atomic E-state index is 7.91. The van der Waals surface area contributed by atoms with Gasteiger partial charge in [0.15, 0.2) is 0 Å². The van der Waals surface area contributed by atoms with E-state index in [0.29, 0.717) is 0 Å². The van der Waals surface area contributed by atoms with Gasteiger partial charge in [0.05, 0.1) is 0 Å². The summed E-state index contributed by atoms with van der Waals surface area (Å²) in [5.41, 5.74) is 0. The van der Waals surface area contributed by atoms with Crippen LogP contribution in [0.2, 0.25) is 0 Å². The summed E-state index contributed by atoms with van der Waals surface area (Å²) in [6, 6.07) is 0. The Bertz CT molecular complexity index is 59.1. The topological polar surface area (TPSA) is 20.2 Å². The van der Waals surface area contributed by atoms with Gasteiger partial charge in [0.2, 0.25) is 0 Å². The minimum absolute atomic E-state index is 0. The standard InChI is InChI=1S/C5H6O.Ca/c1-2-3-4-5-6;/h1-6H;/q-2;+2/b4-3-;. The molecular weight excluding hydrogens is 116 g/mol. The first-order valence-corrected chi connectivity index (χ1v) is 1.59. The molecule has 0 aromatic heterocycles. The van der Waals surface area contributed by atoms with Crippen LogP contribution in [0.1, 0.15) is 0 Å². The van der Waals surface area contributed by atoms with Crippen molar-refractivity contribution in [1.29, 1.82) is 0 Å². The number of hydrogen-bond donors (Lipinski definition) is 1. The normalized spacial score (nSPS) is 7.57. The van der Waals surface area contributed by atoms with Crippen molar-refractivity contribution in [2.75, 3.05) is 0 Å². The molecule has 2 heteroatoms. The van der Waals surface area contributed by atoms with Crippen LogP contribution in [0.5, 0.6) is 0 Å². The zero-order valence-corrected chi connectivity index (χ0v) is 6.25. The van der Waals surface area contributed by atoms with Crippen LogP contribution >= 0.6 is 0 Å². The predicted molar refractivity (Wildman–Crippen MR) is 30.0 cm³/mol. The van der Waals surface area contributed by atoms with Crippen LogP contribution in [-0.4, -0.2) is 42.8 Å². The quantitative estimate of drug-likeness (QED) is 0.324. The molecule has 7 heavy (non-hydrogen) atoms. The van der Waals surface area contributed by atoms with E-state index in [1.807, 2.05) is 0 Å². The molecule has 0 spiro atoms. The third-order valence-corrected chi connectivity index (χ3v) is 0.308. The zero-order chi connectivity index (χ0) is 4.83. The summed E-state index contributed by atoms with van der Waals surface area (Å²) >= 11 is 0. The van der Waals surface area contributed by atoms with E-state index in [4.69, 9.17) is 11.7 Å². The fourth-order valence-electron chi connectivity index (χ4n) is 0.114. The van der Waals surface area contributed by atoms with Crippen molar-refractivity contribution in [1.82, 2.24) is 0 Å². The summed E-state index contributed by atoms with van der Waals surface area (Å²) in [4.78, 5) is 0. The molecule has 0 aliphatic heterocycles. The third kappa shape index (κ3) is 10.8. The molecular formula is C5H6CaO. The van der Waals surface area contributed by atoms with Gasteiger partial charge in [-0.25, -0.2) is 18.2 Å². The van der Waals surface area contributed by atoms with Crippen LogP contribution in [0.4, 0.5) is 0 Å². The number of aliphatic hydroxyl groups is 1. The molecule has 0 bridgehead atoms. The summed E-state index contributed by atoms with van der Waals surface area (Å²) in [5, 5.41) is 7.91. The van der Waals surface area contributed by atoms with Crippen molar-refractivity contribution in [3.63, 3.8) is 0 Å². The van der Waals surface area contributed by atoms with Crippen molar-refractivity contribution < 1.29 is 5.11 Å². The Labute approximate surface area is 73.7 Å². The predicted octanol–water partition coefficient (Wildman–Crippen LogP) is 0.685. The Hall–Kier alpha value is 0.570. The van der Waals surface area contributed by atoms with Gasteiger partial charge in [-0.2, -0.15) is 0 Å². The summed E-state index contributed by atoms with van der Waals surface area (Å²) in [6.07, 6.45) is 4.30. The fourth-order valence-corrected chi connectivity index (χ4v) is 0.114. The number of allylic oxidation sites excluding steroid dienone is 2. The zero-order valence-electron chi connectivity index (χ0n) is 4.04. The van der Waals surface area contributed by atoms with Crippen LogP contribution in [-0.2, 0) is 0 Å². The molecule has 0 fully saturated rings. The molecule has 0 heterocycles. The van der Waals surface area contributed by atoms with Crippen LogP contribution in [0.25, 0.3) is 0 Å². The largest absolute Gasteiger partial charge is 2.00 e. The van der Waals surface area contributed by atoms with Crippen molar-refractivity contribution in [3.05, 3.63) is 31.4 Å². The molecule has 34 valence electrons. The first-order valence-electron chi connectivity index (χ1n) is 1.59. The molecule has 0 radical (unpaired) electrons. The molecule has 0 saturated carbocycles. The molecule has 1 nitrogen and oxygen atoms in total. The van der Waals surface area contributed by atoms with Gasteiger partial charge in [-0.15, -0.1) is 6.61 Å². The summed E-state index contributed by atoms with van der Waals surface area (Å²) < 4.78 is 0. The van der Waals surface area contributed by atoms with Gasteiger partial charge in [0.1, 0.15) is 0 Å². The van der Waals surface area contributed by atoms with Gasteiger partial charge in [0, 0.05) is 0 Å². The monoisotopic (exact) mass is 122 g/mol. The fraction of sp³-hybridized carbons (Fsp3) is 0. The van der Waals surface area contributed by atoms with E-state index in [-0.39, 0.29) is 37.7 Å². The second kappa shape index (κ2) is 9.76. The molecule has 0 amide bonds. The Balaban J connectivity index is 0. The van der Waals surface area contributed by atoms with E-state index < -0.39 is 0 Å². The van der Waals surface area contributed by atoms with Crippen LogP contribution in [0, 0.1) is 13.2 Å². The second-order valence-corrected chi connectivity index (χ2v) is 0.726. The number of hydrogen-bond acceptors (Lipinski definition) is 1. The summed E-state index contributed by atoms with van der Waals surface area (Å²) in [7, 11) is 0. The molecule has 0 saturated heterocycles. The Morgan fingerprint density at radius 3 is 2.29 bits per heavy atom. The van der Waals surface area contributed by atoms with Crippen LogP contribution in [0.15, 0.2) is 18.2 Å². The minimum Gasteiger partial charge on any atom is -0.458 e. The van der Waals surface area contributed by atoms with E-state index in [2.05, 4.69) is 0 Å². The van der Waals surface area contributed by atoms with Gasteiger partial charge >= 0.3 is 37.7 Å². The maximum Gasteiger partial charge on any atom is 2.00 e. The van der Waals surface area contributed by atoms with E-state index in [1.165, 1.54) is 18.2 Å². The summed E-state index contributed by atoms with van der Waals surface area (Å²) in [5.74, 6) is 0. The second-order valence-electron chi connectivity index (χ2n) is 0.726. The molecule has 1 N–H and O–H groups in total.